The lowest BCUT2D eigenvalue weighted by atomic mass is 10.5. The van der Waals surface area contributed by atoms with E-state index in [-0.39, 0.29) is 0 Å². The van der Waals surface area contributed by atoms with Crippen LogP contribution in [0.2, 0.25) is 0 Å². The molecule has 0 aliphatic carbocycles. The maximum absolute atomic E-state index is 5.55. The summed E-state index contributed by atoms with van der Waals surface area (Å²) in [5, 5.41) is 9.67. The van der Waals surface area contributed by atoms with E-state index in [1.807, 2.05) is 47.4 Å². The van der Waals surface area contributed by atoms with Gasteiger partial charge in [0.2, 0.25) is 0 Å². The standard InChI is InChI=1S/C11H17N5S/c1-9-8-11(15(2)13-9)17-7-3-5-16-6-4-10(12)14-16/h4,6,8H,3,5,7H2,1-2H3,(H2,12,14). The number of nitrogen functional groups attached to an aromatic ring is 1. The van der Waals surface area contributed by atoms with Crippen LogP contribution in [0.5, 0.6) is 0 Å². The van der Waals surface area contributed by atoms with E-state index in [2.05, 4.69) is 16.3 Å². The number of aryl methyl sites for hydroxylation is 3. The Morgan fingerprint density at radius 3 is 2.82 bits per heavy atom. The molecule has 0 aromatic carbocycles. The molecule has 0 amide bonds. The Bertz CT molecular complexity index is 488. The Morgan fingerprint density at radius 1 is 1.41 bits per heavy atom. The van der Waals surface area contributed by atoms with Crippen molar-refractivity contribution in [2.45, 2.75) is 24.9 Å². The molecule has 0 unspecified atom stereocenters. The molecule has 2 N–H and O–H groups in total. The van der Waals surface area contributed by atoms with Gasteiger partial charge >= 0.3 is 0 Å². The van der Waals surface area contributed by atoms with E-state index in [9.17, 15) is 0 Å². The van der Waals surface area contributed by atoms with Gasteiger partial charge in [-0.1, -0.05) is 0 Å². The van der Waals surface area contributed by atoms with Crippen LogP contribution < -0.4 is 5.73 Å². The molecular formula is C11H17N5S. The van der Waals surface area contributed by atoms with Gasteiger partial charge in [-0.15, -0.1) is 11.8 Å². The Morgan fingerprint density at radius 2 is 2.24 bits per heavy atom. The zero-order chi connectivity index (χ0) is 12.3. The van der Waals surface area contributed by atoms with Gasteiger partial charge in [-0.25, -0.2) is 0 Å². The molecule has 5 nitrogen and oxygen atoms in total. The molecule has 0 atom stereocenters. The van der Waals surface area contributed by atoms with Crippen molar-refractivity contribution < 1.29 is 0 Å². The highest BCUT2D eigenvalue weighted by molar-refractivity contribution is 7.99. The number of nitrogens with two attached hydrogens (primary N) is 1. The maximum Gasteiger partial charge on any atom is 0.145 e. The second-order valence-corrected chi connectivity index (χ2v) is 5.07. The van der Waals surface area contributed by atoms with Crippen molar-refractivity contribution in [2.75, 3.05) is 11.5 Å². The zero-order valence-electron chi connectivity index (χ0n) is 10.1. The number of rotatable bonds is 5. The van der Waals surface area contributed by atoms with Crippen LogP contribution in [0.4, 0.5) is 5.82 Å². The summed E-state index contributed by atoms with van der Waals surface area (Å²) in [6, 6.07) is 3.92. The lowest BCUT2D eigenvalue weighted by Crippen LogP contribution is -2.01. The van der Waals surface area contributed by atoms with E-state index in [1.165, 1.54) is 5.03 Å². The quantitative estimate of drug-likeness (QED) is 0.649. The second kappa shape index (κ2) is 5.27. The van der Waals surface area contributed by atoms with Gasteiger partial charge in [0.25, 0.3) is 0 Å². The van der Waals surface area contributed by atoms with Crippen molar-refractivity contribution in [1.29, 1.82) is 0 Å². The first-order valence-electron chi connectivity index (χ1n) is 5.57. The van der Waals surface area contributed by atoms with Gasteiger partial charge in [-0.2, -0.15) is 10.2 Å². The first-order valence-corrected chi connectivity index (χ1v) is 6.56. The zero-order valence-corrected chi connectivity index (χ0v) is 10.9. The molecule has 17 heavy (non-hydrogen) atoms. The van der Waals surface area contributed by atoms with Gasteiger partial charge in [0.1, 0.15) is 5.82 Å². The van der Waals surface area contributed by atoms with E-state index < -0.39 is 0 Å². The summed E-state index contributed by atoms with van der Waals surface area (Å²) in [6.07, 6.45) is 2.98. The Balaban J connectivity index is 1.75. The molecule has 2 heterocycles. The first kappa shape index (κ1) is 12.0. The molecule has 0 fully saturated rings. The van der Waals surface area contributed by atoms with Crippen LogP contribution in [0.1, 0.15) is 12.1 Å². The summed E-state index contributed by atoms with van der Waals surface area (Å²) in [5.41, 5.74) is 6.61. The van der Waals surface area contributed by atoms with E-state index in [4.69, 9.17) is 5.73 Å². The average Bonchev–Trinajstić information content (AvgIpc) is 2.81. The van der Waals surface area contributed by atoms with Gasteiger partial charge in [0, 0.05) is 25.5 Å². The van der Waals surface area contributed by atoms with Crippen molar-refractivity contribution in [2.24, 2.45) is 7.05 Å². The molecule has 0 saturated carbocycles. The Hall–Kier alpha value is -1.43. The van der Waals surface area contributed by atoms with Gasteiger partial charge in [0.05, 0.1) is 10.7 Å². The third-order valence-corrected chi connectivity index (χ3v) is 3.57. The highest BCUT2D eigenvalue weighted by atomic mass is 32.2. The van der Waals surface area contributed by atoms with Crippen molar-refractivity contribution >= 4 is 17.6 Å². The number of hydrogen-bond acceptors (Lipinski definition) is 4. The summed E-state index contributed by atoms with van der Waals surface area (Å²) in [5.74, 6) is 1.64. The minimum Gasteiger partial charge on any atom is -0.382 e. The Kier molecular flexibility index (Phi) is 3.73. The number of aromatic nitrogens is 4. The molecule has 0 saturated heterocycles. The summed E-state index contributed by atoms with van der Waals surface area (Å²) < 4.78 is 3.80. The molecular weight excluding hydrogens is 234 g/mol. The third-order valence-electron chi connectivity index (χ3n) is 2.40. The van der Waals surface area contributed by atoms with E-state index >= 15 is 0 Å². The fraction of sp³-hybridized carbons (Fsp3) is 0.455. The molecule has 0 aliphatic rings. The molecule has 2 aromatic rings. The molecule has 0 bridgehead atoms. The maximum atomic E-state index is 5.55. The number of nitrogens with zero attached hydrogens (tertiary/aromatic N) is 4. The van der Waals surface area contributed by atoms with E-state index in [0.717, 1.165) is 24.4 Å². The third kappa shape index (κ3) is 3.26. The predicted molar refractivity (Wildman–Crippen MR) is 69.9 cm³/mol. The molecule has 0 aliphatic heterocycles. The van der Waals surface area contributed by atoms with Crippen molar-refractivity contribution in [3.63, 3.8) is 0 Å². The van der Waals surface area contributed by atoms with E-state index in [1.54, 1.807) is 0 Å². The summed E-state index contributed by atoms with van der Waals surface area (Å²) in [6.45, 7) is 2.91. The van der Waals surface area contributed by atoms with E-state index in [0.29, 0.717) is 5.82 Å². The molecule has 2 rings (SSSR count). The van der Waals surface area contributed by atoms with Crippen LogP contribution in [0.25, 0.3) is 0 Å². The van der Waals surface area contributed by atoms with Gasteiger partial charge in [-0.3, -0.25) is 9.36 Å². The predicted octanol–water partition coefficient (Wildman–Crippen LogP) is 1.69. The Labute approximate surface area is 105 Å². The molecule has 92 valence electrons. The van der Waals surface area contributed by atoms with Crippen LogP contribution in [-0.2, 0) is 13.6 Å². The highest BCUT2D eigenvalue weighted by Crippen LogP contribution is 2.19. The van der Waals surface area contributed by atoms with Crippen LogP contribution in [0.3, 0.4) is 0 Å². The summed E-state index contributed by atoms with van der Waals surface area (Å²) >= 11 is 1.82. The lowest BCUT2D eigenvalue weighted by Gasteiger charge is -2.02. The topological polar surface area (TPSA) is 61.7 Å². The number of thioether (sulfide) groups is 1. The van der Waals surface area contributed by atoms with Crippen molar-refractivity contribution in [3.05, 3.63) is 24.0 Å². The SMILES string of the molecule is Cc1cc(SCCCn2ccc(N)n2)n(C)n1. The largest absolute Gasteiger partial charge is 0.382 e. The van der Waals surface area contributed by atoms with Crippen molar-refractivity contribution in [3.8, 4) is 0 Å². The summed E-state index contributed by atoms with van der Waals surface area (Å²) in [4.78, 5) is 0. The van der Waals surface area contributed by atoms with Crippen LogP contribution in [0, 0.1) is 6.92 Å². The van der Waals surface area contributed by atoms with Gasteiger partial charge in [-0.05, 0) is 25.5 Å². The van der Waals surface area contributed by atoms with Gasteiger partial charge in [0.15, 0.2) is 0 Å². The fourth-order valence-electron chi connectivity index (χ4n) is 1.63. The molecule has 2 aromatic heterocycles. The van der Waals surface area contributed by atoms with Crippen LogP contribution in [0.15, 0.2) is 23.4 Å². The average molecular weight is 251 g/mol. The van der Waals surface area contributed by atoms with Crippen molar-refractivity contribution in [1.82, 2.24) is 19.6 Å². The molecule has 0 spiro atoms. The fourth-order valence-corrected chi connectivity index (χ4v) is 2.59. The highest BCUT2D eigenvalue weighted by Gasteiger charge is 2.02. The van der Waals surface area contributed by atoms with Crippen LogP contribution in [-0.4, -0.2) is 25.3 Å². The smallest absolute Gasteiger partial charge is 0.145 e. The lowest BCUT2D eigenvalue weighted by molar-refractivity contribution is 0.608. The normalized spacial score (nSPS) is 10.9. The second-order valence-electron chi connectivity index (χ2n) is 3.95. The number of anilines is 1. The molecule has 0 radical (unpaired) electrons. The minimum atomic E-state index is 0.583. The van der Waals surface area contributed by atoms with Gasteiger partial charge < -0.3 is 5.73 Å². The number of hydrogen-bond donors (Lipinski definition) is 1. The molecule has 6 heteroatoms. The van der Waals surface area contributed by atoms with Crippen LogP contribution >= 0.6 is 11.8 Å². The minimum absolute atomic E-state index is 0.583. The monoisotopic (exact) mass is 251 g/mol. The first-order chi connectivity index (χ1) is 8.15. The summed E-state index contributed by atoms with van der Waals surface area (Å²) in [7, 11) is 1.98.